The van der Waals surface area contributed by atoms with Crippen molar-refractivity contribution >= 4 is 56.4 Å². The highest BCUT2D eigenvalue weighted by Crippen LogP contribution is 2.32. The summed E-state index contributed by atoms with van der Waals surface area (Å²) in [5.41, 5.74) is 2.61. The Hall–Kier alpha value is -2.25. The van der Waals surface area contributed by atoms with E-state index in [-0.39, 0.29) is 32.1 Å². The molecule has 3 aromatic rings. The van der Waals surface area contributed by atoms with E-state index in [0.29, 0.717) is 24.5 Å². The van der Waals surface area contributed by atoms with Crippen LogP contribution in [0.5, 0.6) is 0 Å². The molecule has 0 aromatic heterocycles. The Balaban J connectivity index is 1.66. The first kappa shape index (κ1) is 22.0. The number of carbonyl (C=O) groups excluding carboxylic acids is 1. The van der Waals surface area contributed by atoms with E-state index in [0.717, 1.165) is 5.56 Å². The third-order valence-electron chi connectivity index (χ3n) is 5.04. The number of hydrogen-bond acceptors (Lipinski definition) is 3. The maximum Gasteiger partial charge on any atom is 0.263 e. The van der Waals surface area contributed by atoms with Gasteiger partial charge in [-0.15, -0.1) is 0 Å². The molecule has 1 aliphatic heterocycles. The SMILES string of the molecule is O=C(c1cc(S(=O)(=O)Nc2cccc(Cl)c2)c(Cl)cc1Cl)N1CCc2ccccc2C1. The molecule has 0 bridgehead atoms. The Morgan fingerprint density at radius 1 is 0.903 bits per heavy atom. The number of sulfonamides is 1. The van der Waals surface area contributed by atoms with Crippen LogP contribution in [0.1, 0.15) is 21.5 Å². The van der Waals surface area contributed by atoms with Crippen molar-refractivity contribution in [2.75, 3.05) is 11.3 Å². The molecule has 0 fully saturated rings. The molecule has 0 spiro atoms. The molecular formula is C22H17Cl3N2O3S. The van der Waals surface area contributed by atoms with Gasteiger partial charge in [-0.2, -0.15) is 0 Å². The van der Waals surface area contributed by atoms with Crippen LogP contribution in [0.4, 0.5) is 5.69 Å². The number of nitrogens with zero attached hydrogens (tertiary/aromatic N) is 1. The molecule has 31 heavy (non-hydrogen) atoms. The Morgan fingerprint density at radius 2 is 1.65 bits per heavy atom. The van der Waals surface area contributed by atoms with E-state index < -0.39 is 10.0 Å². The summed E-state index contributed by atoms with van der Waals surface area (Å²) in [4.78, 5) is 14.6. The molecule has 9 heteroatoms. The van der Waals surface area contributed by atoms with Crippen molar-refractivity contribution in [1.29, 1.82) is 0 Å². The second-order valence-electron chi connectivity index (χ2n) is 7.12. The number of anilines is 1. The summed E-state index contributed by atoms with van der Waals surface area (Å²) >= 11 is 18.4. The van der Waals surface area contributed by atoms with Gasteiger partial charge < -0.3 is 4.90 Å². The van der Waals surface area contributed by atoms with Crippen molar-refractivity contribution in [3.8, 4) is 0 Å². The van der Waals surface area contributed by atoms with Gasteiger partial charge in [0.2, 0.25) is 0 Å². The van der Waals surface area contributed by atoms with Gasteiger partial charge in [-0.1, -0.05) is 65.1 Å². The van der Waals surface area contributed by atoms with E-state index in [2.05, 4.69) is 4.72 Å². The van der Waals surface area contributed by atoms with Gasteiger partial charge in [0.15, 0.2) is 0 Å². The summed E-state index contributed by atoms with van der Waals surface area (Å²) in [7, 11) is -4.08. The van der Waals surface area contributed by atoms with E-state index >= 15 is 0 Å². The summed E-state index contributed by atoms with van der Waals surface area (Å²) in [6.07, 6.45) is 0.717. The number of benzene rings is 3. The number of rotatable bonds is 4. The standard InChI is InChI=1S/C22H17Cl3N2O3S/c23-16-6-3-7-17(10-16)26-31(29,30)21-11-18(19(24)12-20(21)25)22(28)27-9-8-14-4-1-2-5-15(14)13-27/h1-7,10-12,26H,8-9,13H2. The maximum absolute atomic E-state index is 13.2. The predicted molar refractivity (Wildman–Crippen MR) is 124 cm³/mol. The molecule has 0 saturated carbocycles. The molecule has 4 rings (SSSR count). The van der Waals surface area contributed by atoms with Crippen LogP contribution < -0.4 is 4.72 Å². The van der Waals surface area contributed by atoms with Crippen LogP contribution in [-0.4, -0.2) is 25.8 Å². The largest absolute Gasteiger partial charge is 0.334 e. The van der Waals surface area contributed by atoms with Crippen molar-refractivity contribution in [1.82, 2.24) is 4.90 Å². The normalized spacial score (nSPS) is 13.6. The van der Waals surface area contributed by atoms with Gasteiger partial charge in [-0.25, -0.2) is 8.42 Å². The lowest BCUT2D eigenvalue weighted by molar-refractivity contribution is 0.0734. The molecule has 0 saturated heterocycles. The molecule has 1 N–H and O–H groups in total. The Morgan fingerprint density at radius 3 is 2.39 bits per heavy atom. The van der Waals surface area contributed by atoms with Crippen LogP contribution >= 0.6 is 34.8 Å². The topological polar surface area (TPSA) is 66.5 Å². The average molecular weight is 496 g/mol. The number of fused-ring (bicyclic) bond motifs is 1. The smallest absolute Gasteiger partial charge is 0.263 e. The van der Waals surface area contributed by atoms with E-state index in [1.807, 2.05) is 24.3 Å². The van der Waals surface area contributed by atoms with Crippen LogP contribution in [0.15, 0.2) is 65.6 Å². The molecule has 0 aliphatic carbocycles. The summed E-state index contributed by atoms with van der Waals surface area (Å²) in [6.45, 7) is 0.939. The van der Waals surface area contributed by atoms with Crippen LogP contribution in [0.3, 0.4) is 0 Å². The number of amides is 1. The molecule has 0 radical (unpaired) electrons. The van der Waals surface area contributed by atoms with Gasteiger partial charge in [0.1, 0.15) is 4.90 Å². The highest BCUT2D eigenvalue weighted by molar-refractivity contribution is 7.92. The molecule has 160 valence electrons. The second-order valence-corrected chi connectivity index (χ2v) is 10.0. The number of hydrogen-bond donors (Lipinski definition) is 1. The molecule has 3 aromatic carbocycles. The van der Waals surface area contributed by atoms with Crippen molar-refractivity contribution in [3.63, 3.8) is 0 Å². The molecule has 1 amide bonds. The van der Waals surface area contributed by atoms with Crippen molar-refractivity contribution < 1.29 is 13.2 Å². The zero-order valence-electron chi connectivity index (χ0n) is 16.1. The first-order valence-electron chi connectivity index (χ1n) is 9.38. The van der Waals surface area contributed by atoms with Crippen LogP contribution in [-0.2, 0) is 23.0 Å². The zero-order valence-corrected chi connectivity index (χ0v) is 19.2. The first-order chi connectivity index (χ1) is 14.7. The van der Waals surface area contributed by atoms with Crippen LogP contribution in [0.25, 0.3) is 0 Å². The monoisotopic (exact) mass is 494 g/mol. The lowest BCUT2D eigenvalue weighted by atomic mass is 9.99. The lowest BCUT2D eigenvalue weighted by Gasteiger charge is -2.29. The maximum atomic E-state index is 13.2. The van der Waals surface area contributed by atoms with Crippen molar-refractivity contribution in [2.24, 2.45) is 0 Å². The van der Waals surface area contributed by atoms with Gasteiger partial charge in [0.05, 0.1) is 21.3 Å². The molecule has 5 nitrogen and oxygen atoms in total. The predicted octanol–water partition coefficient (Wildman–Crippen LogP) is 5.65. The molecular weight excluding hydrogens is 479 g/mol. The highest BCUT2D eigenvalue weighted by atomic mass is 35.5. The molecule has 0 unspecified atom stereocenters. The molecule has 0 atom stereocenters. The summed E-state index contributed by atoms with van der Waals surface area (Å²) in [5.74, 6) is -0.352. The number of nitrogens with one attached hydrogen (secondary N) is 1. The number of carbonyl (C=O) groups is 1. The second kappa shape index (κ2) is 8.71. The third kappa shape index (κ3) is 4.67. The Kier molecular flexibility index (Phi) is 6.17. The highest BCUT2D eigenvalue weighted by Gasteiger charge is 2.27. The van der Waals surface area contributed by atoms with Gasteiger partial charge in [0.25, 0.3) is 15.9 Å². The van der Waals surface area contributed by atoms with Gasteiger partial charge in [0, 0.05) is 18.1 Å². The first-order valence-corrected chi connectivity index (χ1v) is 12.0. The quantitative estimate of drug-likeness (QED) is 0.509. The molecule has 1 heterocycles. The number of halogens is 3. The minimum atomic E-state index is -4.08. The van der Waals surface area contributed by atoms with Crippen molar-refractivity contribution in [2.45, 2.75) is 17.9 Å². The minimum Gasteiger partial charge on any atom is -0.334 e. The summed E-state index contributed by atoms with van der Waals surface area (Å²) in [6, 6.07) is 16.7. The van der Waals surface area contributed by atoms with Gasteiger partial charge in [-0.3, -0.25) is 9.52 Å². The summed E-state index contributed by atoms with van der Waals surface area (Å²) < 4.78 is 28.3. The van der Waals surface area contributed by atoms with E-state index in [9.17, 15) is 13.2 Å². The van der Waals surface area contributed by atoms with E-state index in [1.54, 1.807) is 23.1 Å². The van der Waals surface area contributed by atoms with Crippen LogP contribution in [0.2, 0.25) is 15.1 Å². The van der Waals surface area contributed by atoms with Gasteiger partial charge >= 0.3 is 0 Å². The molecule has 1 aliphatic rings. The van der Waals surface area contributed by atoms with E-state index in [1.165, 1.54) is 23.8 Å². The fourth-order valence-electron chi connectivity index (χ4n) is 3.50. The third-order valence-corrected chi connectivity index (χ3v) is 7.43. The fraction of sp³-hybridized carbons (Fsp3) is 0.136. The van der Waals surface area contributed by atoms with E-state index in [4.69, 9.17) is 34.8 Å². The lowest BCUT2D eigenvalue weighted by Crippen LogP contribution is -2.36. The van der Waals surface area contributed by atoms with Gasteiger partial charge in [-0.05, 0) is 47.9 Å². The zero-order chi connectivity index (χ0) is 22.2. The Labute approximate surface area is 195 Å². The van der Waals surface area contributed by atoms with Crippen molar-refractivity contribution in [3.05, 3.63) is 92.4 Å². The fourth-order valence-corrected chi connectivity index (χ4v) is 5.60. The average Bonchev–Trinajstić information content (AvgIpc) is 2.72. The van der Waals surface area contributed by atoms with Crippen LogP contribution in [0, 0.1) is 0 Å². The Bertz CT molecular complexity index is 1280. The minimum absolute atomic E-state index is 0.0805. The summed E-state index contributed by atoms with van der Waals surface area (Å²) in [5, 5.41) is 0.388.